The van der Waals surface area contributed by atoms with Crippen LogP contribution in [0.2, 0.25) is 0 Å². The van der Waals surface area contributed by atoms with E-state index in [2.05, 4.69) is 10.6 Å². The maximum atomic E-state index is 12.9. The van der Waals surface area contributed by atoms with E-state index in [1.54, 1.807) is 0 Å². The topological polar surface area (TPSA) is 64.9 Å². The molecule has 0 heterocycles. The highest BCUT2D eigenvalue weighted by molar-refractivity contribution is 5.80. The minimum absolute atomic E-state index is 0.0465. The predicted molar refractivity (Wildman–Crippen MR) is 53.7 cm³/mol. The number of benzene rings is 1. The summed E-state index contributed by atoms with van der Waals surface area (Å²) < 4.78 is 12.9. The average Bonchev–Trinajstić information content (AvgIpc) is 2.25. The number of amides is 1. The van der Waals surface area contributed by atoms with Crippen molar-refractivity contribution in [2.24, 2.45) is 0 Å². The van der Waals surface area contributed by atoms with E-state index in [0.717, 1.165) is 6.07 Å². The summed E-state index contributed by atoms with van der Waals surface area (Å²) in [7, 11) is 1.51. The number of nitrogens with zero attached hydrogens (tertiary/aromatic N) is 1. The molecule has 5 heteroatoms. The Kier molecular flexibility index (Phi) is 3.63. The lowest BCUT2D eigenvalue weighted by Gasteiger charge is -2.05. The molecule has 15 heavy (non-hydrogen) atoms. The Balaban J connectivity index is 2.74. The molecule has 0 aliphatic rings. The molecule has 0 aromatic heterocycles. The number of anilines is 1. The molecular formula is C10H10FN3O. The highest BCUT2D eigenvalue weighted by Crippen LogP contribution is 2.12. The second kappa shape index (κ2) is 4.96. The SMILES string of the molecule is CNC(=O)CNc1cc(F)cc(C#N)c1. The average molecular weight is 207 g/mol. The summed E-state index contributed by atoms with van der Waals surface area (Å²) in [6.45, 7) is 0.0465. The maximum absolute atomic E-state index is 12.9. The summed E-state index contributed by atoms with van der Waals surface area (Å²) in [6, 6.07) is 5.66. The van der Waals surface area contributed by atoms with Crippen molar-refractivity contribution in [2.45, 2.75) is 0 Å². The molecule has 0 saturated heterocycles. The van der Waals surface area contributed by atoms with Crippen LogP contribution in [0.15, 0.2) is 18.2 Å². The summed E-state index contributed by atoms with van der Waals surface area (Å²) >= 11 is 0. The third-order valence-electron chi connectivity index (χ3n) is 1.76. The van der Waals surface area contributed by atoms with E-state index in [4.69, 9.17) is 5.26 Å². The van der Waals surface area contributed by atoms with Gasteiger partial charge in [-0.1, -0.05) is 0 Å². The summed E-state index contributed by atoms with van der Waals surface area (Å²) in [4.78, 5) is 10.9. The smallest absolute Gasteiger partial charge is 0.239 e. The first-order chi connectivity index (χ1) is 7.15. The number of hydrogen-bond acceptors (Lipinski definition) is 3. The van der Waals surface area contributed by atoms with E-state index < -0.39 is 5.82 Å². The van der Waals surface area contributed by atoms with E-state index in [0.29, 0.717) is 5.69 Å². The van der Waals surface area contributed by atoms with Gasteiger partial charge in [-0.05, 0) is 18.2 Å². The molecule has 1 amide bonds. The van der Waals surface area contributed by atoms with E-state index in [1.807, 2.05) is 6.07 Å². The van der Waals surface area contributed by atoms with Gasteiger partial charge in [0.15, 0.2) is 0 Å². The zero-order valence-corrected chi connectivity index (χ0v) is 8.17. The largest absolute Gasteiger partial charge is 0.376 e. The Labute approximate surface area is 86.7 Å². The van der Waals surface area contributed by atoms with Gasteiger partial charge in [0, 0.05) is 12.7 Å². The molecule has 78 valence electrons. The van der Waals surface area contributed by atoms with E-state index in [9.17, 15) is 9.18 Å². The van der Waals surface area contributed by atoms with Crippen molar-refractivity contribution in [3.8, 4) is 6.07 Å². The Bertz CT molecular complexity index is 412. The molecule has 0 unspecified atom stereocenters. The molecule has 1 aromatic rings. The van der Waals surface area contributed by atoms with Gasteiger partial charge in [-0.15, -0.1) is 0 Å². The third-order valence-corrected chi connectivity index (χ3v) is 1.76. The number of nitriles is 1. The summed E-state index contributed by atoms with van der Waals surface area (Å²) in [5, 5.41) is 13.7. The van der Waals surface area contributed by atoms with Gasteiger partial charge in [0.2, 0.25) is 5.91 Å². The molecule has 0 fully saturated rings. The Morgan fingerprint density at radius 1 is 1.53 bits per heavy atom. The van der Waals surface area contributed by atoms with Gasteiger partial charge in [-0.25, -0.2) is 4.39 Å². The van der Waals surface area contributed by atoms with Gasteiger partial charge in [0.1, 0.15) is 5.82 Å². The molecule has 0 saturated carbocycles. The van der Waals surface area contributed by atoms with Crippen molar-refractivity contribution in [3.05, 3.63) is 29.6 Å². The Hall–Kier alpha value is -2.09. The standard InChI is InChI=1S/C10H10FN3O/c1-13-10(15)6-14-9-3-7(5-12)2-8(11)4-9/h2-4,14H,6H2,1H3,(H,13,15). The molecule has 0 radical (unpaired) electrons. The molecule has 0 atom stereocenters. The van der Waals surface area contributed by atoms with E-state index in [1.165, 1.54) is 19.2 Å². The van der Waals surface area contributed by atoms with Gasteiger partial charge < -0.3 is 10.6 Å². The van der Waals surface area contributed by atoms with Crippen LogP contribution in [0.1, 0.15) is 5.56 Å². The maximum Gasteiger partial charge on any atom is 0.239 e. The minimum atomic E-state index is -0.506. The fourth-order valence-corrected chi connectivity index (χ4v) is 1.03. The molecular weight excluding hydrogens is 197 g/mol. The lowest BCUT2D eigenvalue weighted by atomic mass is 10.2. The van der Waals surface area contributed by atoms with Crippen LogP contribution in [0.3, 0.4) is 0 Å². The summed E-state index contributed by atoms with van der Waals surface area (Å²) in [6.07, 6.45) is 0. The molecule has 0 aliphatic carbocycles. The van der Waals surface area contributed by atoms with Crippen LogP contribution < -0.4 is 10.6 Å². The third kappa shape index (κ3) is 3.27. The van der Waals surface area contributed by atoms with Crippen molar-refractivity contribution in [1.29, 1.82) is 5.26 Å². The zero-order valence-electron chi connectivity index (χ0n) is 8.17. The fourth-order valence-electron chi connectivity index (χ4n) is 1.03. The van der Waals surface area contributed by atoms with Crippen LogP contribution >= 0.6 is 0 Å². The second-order valence-electron chi connectivity index (χ2n) is 2.87. The highest BCUT2D eigenvalue weighted by atomic mass is 19.1. The van der Waals surface area contributed by atoms with Crippen LogP contribution in [-0.2, 0) is 4.79 Å². The van der Waals surface area contributed by atoms with Crippen LogP contribution in [-0.4, -0.2) is 19.5 Å². The van der Waals surface area contributed by atoms with Crippen molar-refractivity contribution in [2.75, 3.05) is 18.9 Å². The van der Waals surface area contributed by atoms with Crippen LogP contribution in [0.5, 0.6) is 0 Å². The first-order valence-electron chi connectivity index (χ1n) is 4.31. The lowest BCUT2D eigenvalue weighted by molar-refractivity contribution is -0.118. The quantitative estimate of drug-likeness (QED) is 0.772. The number of carbonyl (C=O) groups excluding carboxylic acids is 1. The molecule has 0 spiro atoms. The number of carbonyl (C=O) groups is 1. The fraction of sp³-hybridized carbons (Fsp3) is 0.200. The van der Waals surface area contributed by atoms with Gasteiger partial charge in [0.25, 0.3) is 0 Å². The lowest BCUT2D eigenvalue weighted by Crippen LogP contribution is -2.26. The van der Waals surface area contributed by atoms with Crippen LogP contribution in [0.25, 0.3) is 0 Å². The van der Waals surface area contributed by atoms with Crippen LogP contribution in [0, 0.1) is 17.1 Å². The van der Waals surface area contributed by atoms with Gasteiger partial charge >= 0.3 is 0 Å². The van der Waals surface area contributed by atoms with E-state index >= 15 is 0 Å². The first-order valence-corrected chi connectivity index (χ1v) is 4.31. The Morgan fingerprint density at radius 2 is 2.27 bits per heavy atom. The predicted octanol–water partition coefficient (Wildman–Crippen LogP) is 0.855. The number of nitrogens with one attached hydrogen (secondary N) is 2. The zero-order chi connectivity index (χ0) is 11.3. The molecule has 2 N–H and O–H groups in total. The van der Waals surface area contributed by atoms with Crippen molar-refractivity contribution < 1.29 is 9.18 Å². The molecule has 1 aromatic carbocycles. The van der Waals surface area contributed by atoms with Gasteiger partial charge in [-0.2, -0.15) is 5.26 Å². The second-order valence-corrected chi connectivity index (χ2v) is 2.87. The number of rotatable bonds is 3. The van der Waals surface area contributed by atoms with Gasteiger partial charge in [0.05, 0.1) is 18.2 Å². The molecule has 4 nitrogen and oxygen atoms in total. The van der Waals surface area contributed by atoms with Crippen molar-refractivity contribution in [1.82, 2.24) is 5.32 Å². The minimum Gasteiger partial charge on any atom is -0.376 e. The summed E-state index contributed by atoms with van der Waals surface area (Å²) in [5.41, 5.74) is 0.629. The van der Waals surface area contributed by atoms with Gasteiger partial charge in [-0.3, -0.25) is 4.79 Å². The summed E-state index contributed by atoms with van der Waals surface area (Å²) in [5.74, 6) is -0.716. The van der Waals surface area contributed by atoms with Crippen molar-refractivity contribution >= 4 is 11.6 Å². The number of hydrogen-bond donors (Lipinski definition) is 2. The first kappa shape index (κ1) is 11.0. The normalized spacial score (nSPS) is 9.13. The van der Waals surface area contributed by atoms with E-state index in [-0.39, 0.29) is 18.0 Å². The molecule has 1 rings (SSSR count). The van der Waals surface area contributed by atoms with Crippen LogP contribution in [0.4, 0.5) is 10.1 Å². The molecule has 0 aliphatic heterocycles. The van der Waals surface area contributed by atoms with Crippen molar-refractivity contribution in [3.63, 3.8) is 0 Å². The highest BCUT2D eigenvalue weighted by Gasteiger charge is 2.01. The number of likely N-dealkylation sites (N-methyl/N-ethyl adjacent to an activating group) is 1. The monoisotopic (exact) mass is 207 g/mol. The molecule has 0 bridgehead atoms. The number of halogens is 1. The Morgan fingerprint density at radius 3 is 2.87 bits per heavy atom.